The Balaban J connectivity index is 2.36. The first-order chi connectivity index (χ1) is 10.6. The topological polar surface area (TPSA) is 66.3 Å². The zero-order valence-electron chi connectivity index (χ0n) is 12.8. The largest absolute Gasteiger partial charge is 0.442 e. The van der Waals surface area contributed by atoms with Crippen molar-refractivity contribution in [3.63, 3.8) is 0 Å². The number of halogens is 3. The minimum atomic E-state index is -4.72. The maximum absolute atomic E-state index is 13.5. The van der Waals surface area contributed by atoms with E-state index in [1.54, 1.807) is 39.0 Å². The molecule has 2 atom stereocenters. The van der Waals surface area contributed by atoms with Gasteiger partial charge in [0.05, 0.1) is 0 Å². The van der Waals surface area contributed by atoms with Crippen molar-refractivity contribution >= 4 is 6.09 Å². The molecule has 0 aromatic heterocycles. The Morgan fingerprint density at radius 2 is 1.83 bits per heavy atom. The predicted octanol–water partition coefficient (Wildman–Crippen LogP) is 3.78. The van der Waals surface area contributed by atoms with Crippen molar-refractivity contribution in [2.75, 3.05) is 0 Å². The Hall–Kier alpha value is -2.32. The van der Waals surface area contributed by atoms with Crippen LogP contribution in [0.4, 0.5) is 18.0 Å². The summed E-state index contributed by atoms with van der Waals surface area (Å²) in [5.74, 6) is 0. The standard InChI is InChI=1S/C14H17F3N4O2/c1-13(2,3)23-12(22)21-11(14(15,16)17)10(18-19-20-21)9-7-5-4-6-8-9/h4-8,10-11H,1-3H3,(H,18,20). The summed E-state index contributed by atoms with van der Waals surface area (Å²) in [7, 11) is 0. The van der Waals surface area contributed by atoms with Gasteiger partial charge in [-0.3, -0.25) is 0 Å². The van der Waals surface area contributed by atoms with E-state index in [1.807, 2.05) is 5.53 Å². The number of alkyl halides is 3. The van der Waals surface area contributed by atoms with Crippen LogP contribution in [0.3, 0.4) is 0 Å². The lowest BCUT2D eigenvalue weighted by molar-refractivity contribution is -0.199. The zero-order valence-corrected chi connectivity index (χ0v) is 12.8. The van der Waals surface area contributed by atoms with Crippen molar-refractivity contribution in [3.05, 3.63) is 35.9 Å². The summed E-state index contributed by atoms with van der Waals surface area (Å²) in [4.78, 5) is 12.1. The van der Waals surface area contributed by atoms with Gasteiger partial charge < -0.3 is 4.74 Å². The third-order valence-corrected chi connectivity index (χ3v) is 2.98. The maximum atomic E-state index is 13.5. The zero-order chi connectivity index (χ0) is 17.3. The van der Waals surface area contributed by atoms with Crippen LogP contribution in [0.5, 0.6) is 0 Å². The fourth-order valence-electron chi connectivity index (χ4n) is 2.09. The number of ether oxygens (including phenoxy) is 1. The van der Waals surface area contributed by atoms with Crippen molar-refractivity contribution in [2.24, 2.45) is 10.3 Å². The predicted molar refractivity (Wildman–Crippen MR) is 75.1 cm³/mol. The average molecular weight is 330 g/mol. The fraction of sp³-hybridized carbons (Fsp3) is 0.500. The van der Waals surface area contributed by atoms with E-state index < -0.39 is 30.0 Å². The third-order valence-electron chi connectivity index (χ3n) is 2.98. The Morgan fingerprint density at radius 3 is 2.35 bits per heavy atom. The number of carbonyl (C=O) groups is 1. The monoisotopic (exact) mass is 330 g/mol. The van der Waals surface area contributed by atoms with Crippen LogP contribution in [-0.2, 0) is 4.74 Å². The molecular weight excluding hydrogens is 313 g/mol. The Kier molecular flexibility index (Phi) is 4.49. The van der Waals surface area contributed by atoms with Gasteiger partial charge in [-0.05, 0) is 26.3 Å². The van der Waals surface area contributed by atoms with Gasteiger partial charge >= 0.3 is 12.3 Å². The molecular formula is C14H17F3N4O2. The van der Waals surface area contributed by atoms with Crippen LogP contribution in [-0.4, -0.2) is 28.9 Å². The lowest BCUT2D eigenvalue weighted by Gasteiger charge is -2.37. The molecule has 1 heterocycles. The molecule has 1 N–H and O–H groups in total. The van der Waals surface area contributed by atoms with Gasteiger partial charge in [0.2, 0.25) is 0 Å². The lowest BCUT2D eigenvalue weighted by Crippen LogP contribution is -2.59. The second-order valence-corrected chi connectivity index (χ2v) is 6.01. The summed E-state index contributed by atoms with van der Waals surface area (Å²) < 4.78 is 45.6. The van der Waals surface area contributed by atoms with Crippen molar-refractivity contribution in [1.29, 1.82) is 0 Å². The summed E-state index contributed by atoms with van der Waals surface area (Å²) in [5, 5.41) is 7.38. The quantitative estimate of drug-likeness (QED) is 0.852. The van der Waals surface area contributed by atoms with Gasteiger partial charge in [0, 0.05) is 0 Å². The van der Waals surface area contributed by atoms with Gasteiger partial charge in [-0.1, -0.05) is 35.6 Å². The lowest BCUT2D eigenvalue weighted by atomic mass is 9.99. The molecule has 126 valence electrons. The summed E-state index contributed by atoms with van der Waals surface area (Å²) >= 11 is 0. The molecule has 1 amide bonds. The molecule has 6 nitrogen and oxygen atoms in total. The summed E-state index contributed by atoms with van der Waals surface area (Å²) in [6, 6.07) is 4.27. The molecule has 1 aromatic carbocycles. The third kappa shape index (κ3) is 4.11. The molecule has 2 rings (SSSR count). The number of carbonyl (C=O) groups excluding carboxylic acids is 1. The van der Waals surface area contributed by atoms with Gasteiger partial charge in [0.15, 0.2) is 6.04 Å². The van der Waals surface area contributed by atoms with Crippen LogP contribution in [0.15, 0.2) is 40.7 Å². The van der Waals surface area contributed by atoms with Crippen molar-refractivity contribution in [1.82, 2.24) is 10.5 Å². The number of amides is 1. The molecule has 0 saturated heterocycles. The van der Waals surface area contributed by atoms with Crippen LogP contribution in [0, 0.1) is 0 Å². The minimum absolute atomic E-state index is 0.300. The van der Waals surface area contributed by atoms with Gasteiger partial charge in [0.1, 0.15) is 11.6 Å². The molecule has 0 radical (unpaired) electrons. The normalized spacial score (nSPS) is 21.7. The van der Waals surface area contributed by atoms with E-state index in [1.165, 1.54) is 12.1 Å². The van der Waals surface area contributed by atoms with Gasteiger partial charge in [-0.25, -0.2) is 4.79 Å². The molecule has 9 heteroatoms. The molecule has 1 aliphatic heterocycles. The van der Waals surface area contributed by atoms with Crippen LogP contribution in [0.2, 0.25) is 0 Å². The fourth-order valence-corrected chi connectivity index (χ4v) is 2.09. The SMILES string of the molecule is CC(C)(C)OC(=O)N1NN=NC(c2ccccc2)C1C(F)(F)F. The Morgan fingerprint density at radius 1 is 1.22 bits per heavy atom. The molecule has 0 bridgehead atoms. The smallest absolute Gasteiger partial charge is 0.431 e. The van der Waals surface area contributed by atoms with E-state index in [-0.39, 0.29) is 0 Å². The van der Waals surface area contributed by atoms with E-state index >= 15 is 0 Å². The summed E-state index contributed by atoms with van der Waals surface area (Å²) in [6.07, 6.45) is -5.89. The summed E-state index contributed by atoms with van der Waals surface area (Å²) in [5.41, 5.74) is 1.36. The van der Waals surface area contributed by atoms with Crippen LogP contribution in [0.1, 0.15) is 32.4 Å². The van der Waals surface area contributed by atoms with Gasteiger partial charge in [0.25, 0.3) is 0 Å². The second kappa shape index (κ2) is 6.05. The first-order valence-electron chi connectivity index (χ1n) is 6.89. The van der Waals surface area contributed by atoms with Crippen molar-refractivity contribution < 1.29 is 22.7 Å². The molecule has 0 spiro atoms. The van der Waals surface area contributed by atoms with Crippen molar-refractivity contribution in [2.45, 2.75) is 44.6 Å². The average Bonchev–Trinajstić information content (AvgIpc) is 2.44. The molecule has 0 fully saturated rings. The number of rotatable bonds is 1. The van der Waals surface area contributed by atoms with E-state index in [2.05, 4.69) is 10.3 Å². The summed E-state index contributed by atoms with van der Waals surface area (Å²) in [6.45, 7) is 4.69. The number of hydrazine groups is 1. The highest BCUT2D eigenvalue weighted by molar-refractivity contribution is 5.68. The van der Waals surface area contributed by atoms with E-state index in [0.717, 1.165) is 0 Å². The number of hydrogen-bond acceptors (Lipinski definition) is 5. The van der Waals surface area contributed by atoms with E-state index in [0.29, 0.717) is 10.6 Å². The van der Waals surface area contributed by atoms with Crippen molar-refractivity contribution in [3.8, 4) is 0 Å². The highest BCUT2D eigenvalue weighted by Crippen LogP contribution is 2.38. The Labute approximate surface area is 131 Å². The highest BCUT2D eigenvalue weighted by atomic mass is 19.4. The molecule has 1 aromatic rings. The first kappa shape index (κ1) is 17.0. The molecule has 23 heavy (non-hydrogen) atoms. The van der Waals surface area contributed by atoms with Crippen LogP contribution >= 0.6 is 0 Å². The van der Waals surface area contributed by atoms with Gasteiger partial charge in [-0.2, -0.15) is 28.8 Å². The number of benzene rings is 1. The minimum Gasteiger partial charge on any atom is -0.442 e. The maximum Gasteiger partial charge on any atom is 0.431 e. The Bertz CT molecular complexity index is 584. The van der Waals surface area contributed by atoms with E-state index in [4.69, 9.17) is 4.74 Å². The number of nitrogens with zero attached hydrogens (tertiary/aromatic N) is 3. The molecule has 0 aliphatic carbocycles. The van der Waals surface area contributed by atoms with Crippen LogP contribution in [0.25, 0.3) is 0 Å². The highest BCUT2D eigenvalue weighted by Gasteiger charge is 2.54. The van der Waals surface area contributed by atoms with E-state index in [9.17, 15) is 18.0 Å². The molecule has 2 unspecified atom stereocenters. The van der Waals surface area contributed by atoms with Crippen LogP contribution < -0.4 is 5.53 Å². The second-order valence-electron chi connectivity index (χ2n) is 6.01. The number of nitrogens with one attached hydrogen (secondary N) is 1. The number of hydrogen-bond donors (Lipinski definition) is 1. The first-order valence-corrected chi connectivity index (χ1v) is 6.89. The van der Waals surface area contributed by atoms with Gasteiger partial charge in [-0.15, -0.1) is 0 Å². The molecule has 0 saturated carbocycles. The molecule has 1 aliphatic rings.